The minimum atomic E-state index is -0.703. The zero-order chi connectivity index (χ0) is 11.7. The van der Waals surface area contributed by atoms with Gasteiger partial charge in [-0.15, -0.1) is 0 Å². The van der Waals surface area contributed by atoms with Gasteiger partial charge in [-0.05, 0) is 6.92 Å². The summed E-state index contributed by atoms with van der Waals surface area (Å²) in [5.74, 6) is -1.36. The first-order valence-electron chi connectivity index (χ1n) is 4.09. The van der Waals surface area contributed by atoms with Crippen LogP contribution in [0.4, 0.5) is 0 Å². The van der Waals surface area contributed by atoms with Crippen molar-refractivity contribution >= 4 is 18.0 Å². The third-order valence-corrected chi connectivity index (χ3v) is 1.20. The number of isocyanates is 1. The van der Waals surface area contributed by atoms with Gasteiger partial charge in [0, 0.05) is 5.57 Å². The van der Waals surface area contributed by atoms with Crippen LogP contribution in [0.2, 0.25) is 0 Å². The number of ether oxygens (including phenoxy) is 2. The fourth-order valence-corrected chi connectivity index (χ4v) is 0.540. The van der Waals surface area contributed by atoms with E-state index in [1.54, 1.807) is 0 Å². The molecular formula is C9H11NO5. The smallest absolute Gasteiger partial charge is 0.344 e. The normalized spacial score (nSPS) is 8.60. The van der Waals surface area contributed by atoms with Gasteiger partial charge in [0.05, 0.1) is 6.54 Å². The summed E-state index contributed by atoms with van der Waals surface area (Å²) in [6.45, 7) is 4.33. The monoisotopic (exact) mass is 213 g/mol. The summed E-state index contributed by atoms with van der Waals surface area (Å²) in [4.78, 5) is 34.5. The number of carbonyl (C=O) groups is 2. The third kappa shape index (κ3) is 7.16. The fourth-order valence-electron chi connectivity index (χ4n) is 0.540. The molecular weight excluding hydrogens is 202 g/mol. The van der Waals surface area contributed by atoms with Crippen LogP contribution in [0.5, 0.6) is 0 Å². The molecule has 0 spiro atoms. The van der Waals surface area contributed by atoms with Crippen LogP contribution in [-0.2, 0) is 23.9 Å². The first kappa shape index (κ1) is 13.1. The molecule has 0 amide bonds. The average molecular weight is 213 g/mol. The highest BCUT2D eigenvalue weighted by Crippen LogP contribution is 1.92. The third-order valence-electron chi connectivity index (χ3n) is 1.20. The summed E-state index contributed by atoms with van der Waals surface area (Å²) < 4.78 is 9.06. The van der Waals surface area contributed by atoms with E-state index in [0.717, 1.165) is 0 Å². The minimum Gasteiger partial charge on any atom is -0.461 e. The minimum absolute atomic E-state index is 0.0430. The largest absolute Gasteiger partial charge is 0.461 e. The van der Waals surface area contributed by atoms with E-state index in [9.17, 15) is 14.4 Å². The van der Waals surface area contributed by atoms with E-state index in [0.29, 0.717) is 0 Å². The molecule has 6 heteroatoms. The summed E-state index contributed by atoms with van der Waals surface area (Å²) in [7, 11) is 0. The number of hydrogen-bond donors (Lipinski definition) is 0. The van der Waals surface area contributed by atoms with Crippen LogP contribution in [0, 0.1) is 0 Å². The molecule has 0 aliphatic carbocycles. The molecule has 0 unspecified atom stereocenters. The number of hydrogen-bond acceptors (Lipinski definition) is 6. The lowest BCUT2D eigenvalue weighted by atomic mass is 10.4. The van der Waals surface area contributed by atoms with Crippen LogP contribution in [0.3, 0.4) is 0 Å². The molecule has 82 valence electrons. The molecule has 0 aliphatic heterocycles. The molecule has 0 aromatic heterocycles. The molecule has 0 aliphatic rings. The molecule has 0 aromatic rings. The van der Waals surface area contributed by atoms with E-state index < -0.39 is 18.5 Å². The molecule has 0 N–H and O–H groups in total. The quantitative estimate of drug-likeness (QED) is 0.204. The van der Waals surface area contributed by atoms with E-state index >= 15 is 0 Å². The second-order valence-corrected chi connectivity index (χ2v) is 2.55. The Kier molecular flexibility index (Phi) is 6.50. The Morgan fingerprint density at radius 3 is 2.60 bits per heavy atom. The van der Waals surface area contributed by atoms with Gasteiger partial charge in [0.15, 0.2) is 6.61 Å². The maximum atomic E-state index is 10.9. The summed E-state index contributed by atoms with van der Waals surface area (Å²) >= 11 is 0. The Balaban J connectivity index is 3.62. The molecule has 0 heterocycles. The van der Waals surface area contributed by atoms with E-state index in [-0.39, 0.29) is 18.7 Å². The summed E-state index contributed by atoms with van der Waals surface area (Å²) in [6, 6.07) is 0. The van der Waals surface area contributed by atoms with Crippen molar-refractivity contribution < 1.29 is 23.9 Å². The standard InChI is InChI=1S/C9H11NO5/c1-7(2)9(13)15-5-8(12)14-4-3-10-6-11/h1,3-5H2,2H3. The molecule has 0 bridgehead atoms. The van der Waals surface area contributed by atoms with Gasteiger partial charge >= 0.3 is 11.9 Å². The van der Waals surface area contributed by atoms with E-state index in [4.69, 9.17) is 0 Å². The Labute approximate surface area is 86.6 Å². The lowest BCUT2D eigenvalue weighted by molar-refractivity contribution is -0.156. The average Bonchev–Trinajstić information content (AvgIpc) is 2.20. The predicted molar refractivity (Wildman–Crippen MR) is 49.7 cm³/mol. The molecule has 0 fully saturated rings. The van der Waals surface area contributed by atoms with Crippen molar-refractivity contribution in [2.45, 2.75) is 6.92 Å². The second kappa shape index (κ2) is 7.46. The molecule has 0 saturated heterocycles. The van der Waals surface area contributed by atoms with Crippen molar-refractivity contribution in [3.8, 4) is 0 Å². The van der Waals surface area contributed by atoms with E-state index in [1.165, 1.54) is 13.0 Å². The van der Waals surface area contributed by atoms with Gasteiger partial charge in [0.1, 0.15) is 6.61 Å². The molecule has 0 aromatic carbocycles. The van der Waals surface area contributed by atoms with Gasteiger partial charge in [0.25, 0.3) is 0 Å². The number of nitrogens with zero attached hydrogens (tertiary/aromatic N) is 1. The van der Waals surface area contributed by atoms with Crippen LogP contribution in [0.25, 0.3) is 0 Å². The van der Waals surface area contributed by atoms with E-state index in [1.807, 2.05) is 0 Å². The number of aliphatic imine (C=N–C) groups is 1. The Morgan fingerprint density at radius 2 is 2.07 bits per heavy atom. The molecule has 6 nitrogen and oxygen atoms in total. The Hall–Kier alpha value is -1.94. The van der Waals surface area contributed by atoms with Gasteiger partial charge in [0.2, 0.25) is 6.08 Å². The lowest BCUT2D eigenvalue weighted by Gasteiger charge is -2.03. The van der Waals surface area contributed by atoms with Crippen molar-refractivity contribution in [3.05, 3.63) is 12.2 Å². The molecule has 15 heavy (non-hydrogen) atoms. The number of esters is 2. The summed E-state index contributed by atoms with van der Waals surface area (Å²) in [5, 5.41) is 0. The predicted octanol–water partition coefficient (Wildman–Crippen LogP) is -0.0153. The fraction of sp³-hybridized carbons (Fsp3) is 0.444. The topological polar surface area (TPSA) is 82.0 Å². The SMILES string of the molecule is C=C(C)C(=O)OCC(=O)OCCN=C=O. The maximum Gasteiger partial charge on any atom is 0.344 e. The maximum absolute atomic E-state index is 10.9. The zero-order valence-electron chi connectivity index (χ0n) is 8.32. The lowest BCUT2D eigenvalue weighted by Crippen LogP contribution is -2.17. The Bertz CT molecular complexity index is 304. The van der Waals surface area contributed by atoms with Gasteiger partial charge in [-0.3, -0.25) is 0 Å². The highest BCUT2D eigenvalue weighted by molar-refractivity contribution is 5.88. The molecule has 0 rings (SSSR count). The first-order chi connectivity index (χ1) is 7.07. The summed E-state index contributed by atoms with van der Waals surface area (Å²) in [5.41, 5.74) is 0.202. The van der Waals surface area contributed by atoms with Crippen LogP contribution in [-0.4, -0.2) is 37.8 Å². The summed E-state index contributed by atoms with van der Waals surface area (Å²) in [6.07, 6.45) is 1.29. The van der Waals surface area contributed by atoms with Crippen molar-refractivity contribution in [1.82, 2.24) is 0 Å². The Morgan fingerprint density at radius 1 is 1.40 bits per heavy atom. The number of carbonyl (C=O) groups excluding carboxylic acids is 3. The highest BCUT2D eigenvalue weighted by Gasteiger charge is 2.08. The molecule has 0 radical (unpaired) electrons. The van der Waals surface area contributed by atoms with Gasteiger partial charge < -0.3 is 9.47 Å². The van der Waals surface area contributed by atoms with E-state index in [2.05, 4.69) is 21.0 Å². The second-order valence-electron chi connectivity index (χ2n) is 2.55. The first-order valence-corrected chi connectivity index (χ1v) is 4.09. The van der Waals surface area contributed by atoms with Crippen LogP contribution in [0.15, 0.2) is 17.1 Å². The van der Waals surface area contributed by atoms with Gasteiger partial charge in [-0.25, -0.2) is 19.4 Å². The zero-order valence-corrected chi connectivity index (χ0v) is 8.32. The highest BCUT2D eigenvalue weighted by atomic mass is 16.6. The van der Waals surface area contributed by atoms with Crippen LogP contribution < -0.4 is 0 Å². The van der Waals surface area contributed by atoms with Crippen molar-refractivity contribution in [1.29, 1.82) is 0 Å². The van der Waals surface area contributed by atoms with Crippen molar-refractivity contribution in [2.24, 2.45) is 4.99 Å². The van der Waals surface area contributed by atoms with Crippen molar-refractivity contribution in [3.63, 3.8) is 0 Å². The van der Waals surface area contributed by atoms with Crippen LogP contribution >= 0.6 is 0 Å². The van der Waals surface area contributed by atoms with Crippen molar-refractivity contribution in [2.75, 3.05) is 19.8 Å². The van der Waals surface area contributed by atoms with Gasteiger partial charge in [-0.2, -0.15) is 0 Å². The van der Waals surface area contributed by atoms with Gasteiger partial charge in [-0.1, -0.05) is 6.58 Å². The van der Waals surface area contributed by atoms with Crippen LogP contribution in [0.1, 0.15) is 6.92 Å². The number of rotatable bonds is 6. The molecule has 0 saturated carbocycles. The molecule has 0 atom stereocenters.